The van der Waals surface area contributed by atoms with Crippen molar-refractivity contribution in [2.45, 2.75) is 13.8 Å². The van der Waals surface area contributed by atoms with Gasteiger partial charge in [-0.2, -0.15) is 0 Å². The van der Waals surface area contributed by atoms with Crippen molar-refractivity contribution < 1.29 is 4.79 Å². The van der Waals surface area contributed by atoms with Crippen LogP contribution in [0.4, 0.5) is 17.1 Å². The lowest BCUT2D eigenvalue weighted by Gasteiger charge is -2.13. The van der Waals surface area contributed by atoms with Gasteiger partial charge in [0.2, 0.25) is 0 Å². The predicted octanol–water partition coefficient (Wildman–Crippen LogP) is 3.02. The topological polar surface area (TPSA) is 71.3 Å². The number of hydrogen-bond donors (Lipinski definition) is 2. The van der Waals surface area contributed by atoms with Gasteiger partial charge >= 0.3 is 0 Å². The summed E-state index contributed by atoms with van der Waals surface area (Å²) in [5.74, 6) is -0.275. The van der Waals surface area contributed by atoms with Crippen LogP contribution in [0.1, 0.15) is 23.0 Å². The molecule has 1 heterocycles. The normalized spacial score (nSPS) is 9.76. The molecule has 0 bridgehead atoms. The number of nitrogens with one attached hydrogen (secondary N) is 2. The molecule has 0 aliphatic rings. The Hall–Kier alpha value is -2.94. The molecule has 21 heavy (non-hydrogen) atoms. The van der Waals surface area contributed by atoms with E-state index in [1.165, 1.54) is 12.5 Å². The van der Waals surface area contributed by atoms with E-state index in [1.807, 2.05) is 6.92 Å². The van der Waals surface area contributed by atoms with Crippen LogP contribution in [-0.2, 0) is 0 Å². The van der Waals surface area contributed by atoms with Gasteiger partial charge in [-0.15, -0.1) is 0 Å². The molecule has 0 atom stereocenters. The molecule has 1 aromatic heterocycles. The monoisotopic (exact) mass is 281 g/mol. The number of aromatic nitrogens is 2. The lowest BCUT2D eigenvalue weighted by atomic mass is 10.2. The van der Waals surface area contributed by atoms with E-state index in [0.717, 1.165) is 0 Å². The first-order valence-corrected chi connectivity index (χ1v) is 6.49. The van der Waals surface area contributed by atoms with E-state index >= 15 is 0 Å². The van der Waals surface area contributed by atoms with Crippen molar-refractivity contribution in [3.8, 4) is 0 Å². The molecule has 1 aromatic carbocycles. The molecule has 6 nitrogen and oxygen atoms in total. The minimum absolute atomic E-state index is 0.275. The fourth-order valence-corrected chi connectivity index (χ4v) is 1.85. The Kier molecular flexibility index (Phi) is 4.46. The van der Waals surface area contributed by atoms with Gasteiger partial charge in [0.1, 0.15) is 6.33 Å². The molecule has 2 N–H and O–H groups in total. The van der Waals surface area contributed by atoms with Gasteiger partial charge in [0.15, 0.2) is 5.69 Å². The minimum atomic E-state index is -0.275. The van der Waals surface area contributed by atoms with E-state index in [4.69, 9.17) is 6.57 Å². The van der Waals surface area contributed by atoms with Crippen molar-refractivity contribution >= 4 is 23.0 Å². The van der Waals surface area contributed by atoms with Crippen LogP contribution < -0.4 is 10.6 Å². The van der Waals surface area contributed by atoms with Crippen LogP contribution in [0.3, 0.4) is 0 Å². The molecule has 2 aromatic rings. The quantitative estimate of drug-likeness (QED) is 0.845. The molecule has 0 fully saturated rings. The summed E-state index contributed by atoms with van der Waals surface area (Å²) in [5, 5.41) is 5.95. The van der Waals surface area contributed by atoms with Crippen molar-refractivity contribution in [1.82, 2.24) is 9.97 Å². The number of rotatable bonds is 4. The van der Waals surface area contributed by atoms with E-state index < -0.39 is 0 Å². The number of aryl methyl sites for hydroxylation is 1. The summed E-state index contributed by atoms with van der Waals surface area (Å²) < 4.78 is 0. The molecule has 0 aliphatic heterocycles. The van der Waals surface area contributed by atoms with Crippen molar-refractivity contribution in [3.63, 3.8) is 0 Å². The van der Waals surface area contributed by atoms with Gasteiger partial charge in [0.25, 0.3) is 5.91 Å². The number of nitrogens with zero attached hydrogens (tertiary/aromatic N) is 3. The lowest BCUT2D eigenvalue weighted by Crippen LogP contribution is -2.15. The average molecular weight is 281 g/mol. The summed E-state index contributed by atoms with van der Waals surface area (Å²) in [6.45, 7) is 11.4. The van der Waals surface area contributed by atoms with Gasteiger partial charge in [-0.05, 0) is 26.0 Å². The summed E-state index contributed by atoms with van der Waals surface area (Å²) in [7, 11) is 0. The van der Waals surface area contributed by atoms with Gasteiger partial charge < -0.3 is 10.6 Å². The van der Waals surface area contributed by atoms with Gasteiger partial charge in [-0.1, -0.05) is 6.07 Å². The molecular formula is C15H15N5O. The number of hydrogen-bond acceptors (Lipinski definition) is 4. The summed E-state index contributed by atoms with van der Waals surface area (Å²) in [6.07, 6.45) is 2.89. The third-order valence-corrected chi connectivity index (χ3v) is 2.90. The van der Waals surface area contributed by atoms with Gasteiger partial charge in [0.05, 0.1) is 23.5 Å². The fourth-order valence-electron chi connectivity index (χ4n) is 1.85. The second-order valence-electron chi connectivity index (χ2n) is 4.35. The maximum Gasteiger partial charge on any atom is 0.259 e. The Morgan fingerprint density at radius 1 is 1.38 bits per heavy atom. The molecule has 106 valence electrons. The van der Waals surface area contributed by atoms with Crippen LogP contribution in [0.25, 0.3) is 4.85 Å². The second kappa shape index (κ2) is 6.48. The largest absolute Gasteiger partial charge is 0.385 e. The predicted molar refractivity (Wildman–Crippen MR) is 81.6 cm³/mol. The Morgan fingerprint density at radius 3 is 2.86 bits per heavy atom. The van der Waals surface area contributed by atoms with Crippen LogP contribution in [0.2, 0.25) is 0 Å². The highest BCUT2D eigenvalue weighted by atomic mass is 16.1. The van der Waals surface area contributed by atoms with Crippen molar-refractivity contribution in [2.75, 3.05) is 17.2 Å². The number of carbonyl (C=O) groups excluding carboxylic acids is 1. The Morgan fingerprint density at radius 2 is 2.19 bits per heavy atom. The molecular weight excluding hydrogens is 266 g/mol. The highest BCUT2D eigenvalue weighted by molar-refractivity contribution is 6.06. The molecule has 0 saturated carbocycles. The molecule has 0 spiro atoms. The Bertz CT molecular complexity index is 705. The molecule has 6 heteroatoms. The van der Waals surface area contributed by atoms with E-state index in [-0.39, 0.29) is 5.91 Å². The SMILES string of the molecule is [C-]#[N+]c1ccc(NC(=O)c2cncnc2C)c(NCC)c1. The first-order valence-electron chi connectivity index (χ1n) is 6.49. The Balaban J connectivity index is 2.29. The zero-order valence-corrected chi connectivity index (χ0v) is 11.8. The van der Waals surface area contributed by atoms with Crippen LogP contribution in [0, 0.1) is 13.5 Å². The summed E-state index contributed by atoms with van der Waals surface area (Å²) >= 11 is 0. The van der Waals surface area contributed by atoms with Gasteiger partial charge in [-0.3, -0.25) is 4.79 Å². The number of anilines is 2. The average Bonchev–Trinajstić information content (AvgIpc) is 2.49. The van der Waals surface area contributed by atoms with Gasteiger partial charge in [-0.25, -0.2) is 14.8 Å². The molecule has 0 aliphatic carbocycles. The maximum absolute atomic E-state index is 12.3. The van der Waals surface area contributed by atoms with Crippen LogP contribution in [-0.4, -0.2) is 22.4 Å². The number of benzene rings is 1. The third-order valence-electron chi connectivity index (χ3n) is 2.90. The highest BCUT2D eigenvalue weighted by Gasteiger charge is 2.12. The summed E-state index contributed by atoms with van der Waals surface area (Å²) in [5.41, 5.74) is 2.90. The summed E-state index contributed by atoms with van der Waals surface area (Å²) in [6, 6.07) is 5.08. The second-order valence-corrected chi connectivity index (χ2v) is 4.35. The van der Waals surface area contributed by atoms with Crippen LogP contribution in [0.5, 0.6) is 0 Å². The molecule has 0 unspecified atom stereocenters. The first-order chi connectivity index (χ1) is 10.2. The van der Waals surface area contributed by atoms with E-state index in [9.17, 15) is 4.79 Å². The lowest BCUT2D eigenvalue weighted by molar-refractivity contribution is 0.102. The molecule has 0 saturated heterocycles. The minimum Gasteiger partial charge on any atom is -0.385 e. The van der Waals surface area contributed by atoms with Crippen molar-refractivity contribution in [3.05, 3.63) is 53.4 Å². The summed E-state index contributed by atoms with van der Waals surface area (Å²) in [4.78, 5) is 23.5. The fraction of sp³-hybridized carbons (Fsp3) is 0.200. The van der Waals surface area contributed by atoms with Crippen molar-refractivity contribution in [1.29, 1.82) is 0 Å². The van der Waals surface area contributed by atoms with E-state index in [2.05, 4.69) is 25.4 Å². The van der Waals surface area contributed by atoms with E-state index in [1.54, 1.807) is 25.1 Å². The first kappa shape index (κ1) is 14.5. The third kappa shape index (κ3) is 3.34. The van der Waals surface area contributed by atoms with Crippen LogP contribution in [0.15, 0.2) is 30.7 Å². The van der Waals surface area contributed by atoms with E-state index in [0.29, 0.717) is 34.9 Å². The van der Waals surface area contributed by atoms with Gasteiger partial charge in [0, 0.05) is 18.4 Å². The number of amides is 1. The smallest absolute Gasteiger partial charge is 0.259 e. The maximum atomic E-state index is 12.3. The molecule has 1 amide bonds. The standard InChI is InChI=1S/C15H15N5O/c1-4-18-14-7-11(16-3)5-6-13(14)20-15(21)12-8-17-9-19-10(12)2/h5-9,18H,4H2,1-2H3,(H,20,21). The highest BCUT2D eigenvalue weighted by Crippen LogP contribution is 2.27. The molecule has 0 radical (unpaired) electrons. The van der Waals surface area contributed by atoms with Crippen LogP contribution >= 0.6 is 0 Å². The zero-order valence-electron chi connectivity index (χ0n) is 11.8. The Labute approximate surface area is 123 Å². The number of carbonyl (C=O) groups is 1. The van der Waals surface area contributed by atoms with Crippen molar-refractivity contribution in [2.24, 2.45) is 0 Å². The molecule has 2 rings (SSSR count). The zero-order chi connectivity index (χ0) is 15.2.